The van der Waals surface area contributed by atoms with Gasteiger partial charge in [-0.15, -0.1) is 0 Å². The van der Waals surface area contributed by atoms with Crippen molar-refractivity contribution in [1.82, 2.24) is 0 Å². The molecule has 0 aliphatic heterocycles. The van der Waals surface area contributed by atoms with Crippen LogP contribution in [0.4, 0.5) is 4.39 Å². The monoisotopic (exact) mass is 284 g/mol. The van der Waals surface area contributed by atoms with Crippen molar-refractivity contribution < 1.29 is 9.13 Å². The fraction of sp³-hybridized carbons (Fsp3) is 0.235. The molecular weight excluding hydrogens is 267 g/mol. The Balaban J connectivity index is 2.20. The van der Waals surface area contributed by atoms with Crippen LogP contribution in [0.1, 0.15) is 35.2 Å². The van der Waals surface area contributed by atoms with E-state index in [1.165, 1.54) is 12.1 Å². The van der Waals surface area contributed by atoms with E-state index in [1.807, 2.05) is 38.1 Å². The molecule has 0 radical (unpaired) electrons. The predicted octanol–water partition coefficient (Wildman–Crippen LogP) is 3.60. The van der Waals surface area contributed by atoms with Crippen LogP contribution in [-0.4, -0.2) is 0 Å². The van der Waals surface area contributed by atoms with Gasteiger partial charge in [-0.3, -0.25) is 0 Å². The highest BCUT2D eigenvalue weighted by molar-refractivity contribution is 5.39. The average Bonchev–Trinajstić information content (AvgIpc) is 2.46. The summed E-state index contributed by atoms with van der Waals surface area (Å²) in [7, 11) is 0. The zero-order chi connectivity index (χ0) is 15.4. The van der Waals surface area contributed by atoms with Crippen LogP contribution < -0.4 is 10.5 Å². The zero-order valence-corrected chi connectivity index (χ0v) is 12.1. The average molecular weight is 284 g/mol. The molecule has 0 fully saturated rings. The first kappa shape index (κ1) is 15.0. The Kier molecular flexibility index (Phi) is 4.56. The Morgan fingerprint density at radius 3 is 2.71 bits per heavy atom. The molecule has 2 aromatic rings. The second-order valence-electron chi connectivity index (χ2n) is 5.04. The van der Waals surface area contributed by atoms with Gasteiger partial charge in [0.05, 0.1) is 5.56 Å². The summed E-state index contributed by atoms with van der Waals surface area (Å²) >= 11 is 0. The lowest BCUT2D eigenvalue weighted by Gasteiger charge is -2.15. The van der Waals surface area contributed by atoms with Crippen molar-refractivity contribution in [3.8, 4) is 11.8 Å². The van der Waals surface area contributed by atoms with Crippen LogP contribution in [0.2, 0.25) is 0 Å². The van der Waals surface area contributed by atoms with Crippen molar-refractivity contribution in [2.75, 3.05) is 0 Å². The highest BCUT2D eigenvalue weighted by Crippen LogP contribution is 2.26. The molecule has 2 aromatic carbocycles. The van der Waals surface area contributed by atoms with Crippen molar-refractivity contribution >= 4 is 0 Å². The molecule has 108 valence electrons. The summed E-state index contributed by atoms with van der Waals surface area (Å²) in [5.74, 6) is 0.195. The fourth-order valence-electron chi connectivity index (χ4n) is 2.05. The summed E-state index contributed by atoms with van der Waals surface area (Å²) in [6, 6.07) is 11.9. The minimum atomic E-state index is -0.520. The number of hydrogen-bond donors (Lipinski definition) is 1. The van der Waals surface area contributed by atoms with Gasteiger partial charge in [0.25, 0.3) is 0 Å². The SMILES string of the molecule is Cc1ccc(C(C)N)c(OCc2ccc(F)c(C#N)c2)c1. The topological polar surface area (TPSA) is 59.0 Å². The number of nitrogens with zero attached hydrogens (tertiary/aromatic N) is 1. The number of halogens is 1. The first-order valence-electron chi connectivity index (χ1n) is 6.68. The van der Waals surface area contributed by atoms with E-state index in [9.17, 15) is 4.39 Å². The molecule has 0 spiro atoms. The third-order valence-corrected chi connectivity index (χ3v) is 3.21. The van der Waals surface area contributed by atoms with Crippen molar-refractivity contribution in [3.63, 3.8) is 0 Å². The molecular formula is C17H17FN2O. The van der Waals surface area contributed by atoms with Crippen LogP contribution >= 0.6 is 0 Å². The summed E-state index contributed by atoms with van der Waals surface area (Å²) in [4.78, 5) is 0. The van der Waals surface area contributed by atoms with Crippen LogP contribution in [0.3, 0.4) is 0 Å². The second kappa shape index (κ2) is 6.38. The van der Waals surface area contributed by atoms with Crippen LogP contribution in [0, 0.1) is 24.1 Å². The Morgan fingerprint density at radius 1 is 1.29 bits per heavy atom. The van der Waals surface area contributed by atoms with E-state index in [4.69, 9.17) is 15.7 Å². The van der Waals surface area contributed by atoms with Gasteiger partial charge >= 0.3 is 0 Å². The predicted molar refractivity (Wildman–Crippen MR) is 79.2 cm³/mol. The van der Waals surface area contributed by atoms with Crippen molar-refractivity contribution in [2.24, 2.45) is 5.73 Å². The molecule has 0 aromatic heterocycles. The standard InChI is InChI=1S/C17H17FN2O/c1-11-3-5-15(12(2)20)17(7-11)21-10-13-4-6-16(18)14(8-13)9-19/h3-8,12H,10,20H2,1-2H3. The van der Waals surface area contributed by atoms with Crippen molar-refractivity contribution in [3.05, 3.63) is 64.5 Å². The zero-order valence-electron chi connectivity index (χ0n) is 12.1. The molecule has 3 nitrogen and oxygen atoms in total. The number of hydrogen-bond acceptors (Lipinski definition) is 3. The summed E-state index contributed by atoms with van der Waals surface area (Å²) in [6.07, 6.45) is 0. The molecule has 0 aliphatic carbocycles. The summed E-state index contributed by atoms with van der Waals surface area (Å²) in [5.41, 5.74) is 8.68. The molecule has 1 atom stereocenters. The normalized spacial score (nSPS) is 11.8. The molecule has 1 unspecified atom stereocenters. The molecule has 0 saturated carbocycles. The molecule has 0 bridgehead atoms. The van der Waals surface area contributed by atoms with Gasteiger partial charge in [0, 0.05) is 11.6 Å². The third kappa shape index (κ3) is 3.59. The van der Waals surface area contributed by atoms with E-state index < -0.39 is 5.82 Å². The molecule has 2 rings (SSSR count). The van der Waals surface area contributed by atoms with Gasteiger partial charge in [-0.25, -0.2) is 4.39 Å². The lowest BCUT2D eigenvalue weighted by atomic mass is 10.1. The summed E-state index contributed by atoms with van der Waals surface area (Å²) < 4.78 is 19.1. The maximum atomic E-state index is 13.3. The van der Waals surface area contributed by atoms with E-state index >= 15 is 0 Å². The molecule has 21 heavy (non-hydrogen) atoms. The Morgan fingerprint density at radius 2 is 2.05 bits per heavy atom. The maximum absolute atomic E-state index is 13.3. The number of nitrogens with two attached hydrogens (primary N) is 1. The van der Waals surface area contributed by atoms with Crippen molar-refractivity contribution in [2.45, 2.75) is 26.5 Å². The minimum Gasteiger partial charge on any atom is -0.489 e. The molecule has 0 heterocycles. The van der Waals surface area contributed by atoms with Gasteiger partial charge < -0.3 is 10.5 Å². The van der Waals surface area contributed by atoms with Gasteiger partial charge in [0.1, 0.15) is 24.2 Å². The van der Waals surface area contributed by atoms with Crippen LogP contribution in [0.25, 0.3) is 0 Å². The smallest absolute Gasteiger partial charge is 0.140 e. The maximum Gasteiger partial charge on any atom is 0.140 e. The van der Waals surface area contributed by atoms with Crippen LogP contribution in [0.15, 0.2) is 36.4 Å². The van der Waals surface area contributed by atoms with E-state index in [2.05, 4.69) is 0 Å². The molecule has 0 saturated heterocycles. The first-order valence-corrected chi connectivity index (χ1v) is 6.68. The molecule has 2 N–H and O–H groups in total. The molecule has 0 aliphatic rings. The van der Waals surface area contributed by atoms with Gasteiger partial charge in [0.15, 0.2) is 0 Å². The highest BCUT2D eigenvalue weighted by atomic mass is 19.1. The highest BCUT2D eigenvalue weighted by Gasteiger charge is 2.09. The largest absolute Gasteiger partial charge is 0.489 e. The lowest BCUT2D eigenvalue weighted by molar-refractivity contribution is 0.301. The fourth-order valence-corrected chi connectivity index (χ4v) is 2.05. The quantitative estimate of drug-likeness (QED) is 0.933. The number of benzene rings is 2. The number of ether oxygens (including phenoxy) is 1. The van der Waals surface area contributed by atoms with E-state index in [-0.39, 0.29) is 18.2 Å². The Hall–Kier alpha value is -2.38. The lowest BCUT2D eigenvalue weighted by Crippen LogP contribution is -2.08. The van der Waals surface area contributed by atoms with Crippen LogP contribution in [-0.2, 0) is 6.61 Å². The number of rotatable bonds is 4. The molecule has 0 amide bonds. The van der Waals surface area contributed by atoms with E-state index in [0.717, 1.165) is 16.7 Å². The van der Waals surface area contributed by atoms with Crippen molar-refractivity contribution in [1.29, 1.82) is 5.26 Å². The van der Waals surface area contributed by atoms with Gasteiger partial charge in [-0.05, 0) is 43.2 Å². The number of nitriles is 1. The minimum absolute atomic E-state index is 0.0211. The summed E-state index contributed by atoms with van der Waals surface area (Å²) in [5, 5.41) is 8.83. The summed E-state index contributed by atoms with van der Waals surface area (Å²) in [6.45, 7) is 4.13. The third-order valence-electron chi connectivity index (χ3n) is 3.21. The first-order chi connectivity index (χ1) is 10.0. The second-order valence-corrected chi connectivity index (χ2v) is 5.04. The van der Waals surface area contributed by atoms with E-state index in [1.54, 1.807) is 6.07 Å². The van der Waals surface area contributed by atoms with Gasteiger partial charge in [-0.1, -0.05) is 18.2 Å². The Labute approximate surface area is 123 Å². The van der Waals surface area contributed by atoms with Gasteiger partial charge in [0.2, 0.25) is 0 Å². The number of aryl methyl sites for hydroxylation is 1. The Bertz CT molecular complexity index is 690. The van der Waals surface area contributed by atoms with Gasteiger partial charge in [-0.2, -0.15) is 5.26 Å². The van der Waals surface area contributed by atoms with E-state index in [0.29, 0.717) is 5.75 Å². The van der Waals surface area contributed by atoms with Crippen LogP contribution in [0.5, 0.6) is 5.75 Å². The molecule has 4 heteroatoms.